The van der Waals surface area contributed by atoms with E-state index in [-0.39, 0.29) is 28.2 Å². The number of ether oxygens (including phenoxy) is 3. The first-order valence-electron chi connectivity index (χ1n) is 11.8. The number of phenols is 1. The number of aromatic hydroxyl groups is 1. The molecule has 1 saturated carbocycles. The van der Waals surface area contributed by atoms with Crippen LogP contribution in [0.4, 0.5) is 0 Å². The number of allylic oxidation sites excluding steroid dienone is 1. The number of carbonyl (C=O) groups is 2. The van der Waals surface area contributed by atoms with Gasteiger partial charge in [0.05, 0.1) is 28.9 Å². The van der Waals surface area contributed by atoms with E-state index in [9.17, 15) is 35.1 Å². The van der Waals surface area contributed by atoms with Gasteiger partial charge in [0, 0.05) is 5.92 Å². The Kier molecular flexibility index (Phi) is 5.95. The Labute approximate surface area is 206 Å². The van der Waals surface area contributed by atoms with E-state index < -0.39 is 53.8 Å². The zero-order chi connectivity index (χ0) is 25.9. The summed E-state index contributed by atoms with van der Waals surface area (Å²) in [5.41, 5.74) is -1.04. The number of benzene rings is 2. The first-order valence-corrected chi connectivity index (χ1v) is 11.8. The molecule has 2 aromatic rings. The van der Waals surface area contributed by atoms with Gasteiger partial charge in [-0.3, -0.25) is 4.79 Å². The van der Waals surface area contributed by atoms with Gasteiger partial charge >= 0.3 is 5.97 Å². The maximum atomic E-state index is 12.2. The number of Topliss-reactive ketones (excluding diaryl/α,β-unsaturated/α-hetero) is 1. The monoisotopic (exact) mass is 500 g/mol. The van der Waals surface area contributed by atoms with Gasteiger partial charge in [0.25, 0.3) is 0 Å². The average Bonchev–Trinajstić information content (AvgIpc) is 2.82. The molecule has 192 valence electrons. The molecule has 0 amide bonds. The molecule has 2 heterocycles. The molecule has 36 heavy (non-hydrogen) atoms. The predicted molar refractivity (Wildman–Crippen MR) is 125 cm³/mol. The lowest BCUT2D eigenvalue weighted by atomic mass is 9.64. The number of hydrogen-bond acceptors (Lipinski definition) is 9. The van der Waals surface area contributed by atoms with E-state index in [1.54, 1.807) is 13.0 Å². The highest BCUT2D eigenvalue weighted by Crippen LogP contribution is 2.50. The van der Waals surface area contributed by atoms with Gasteiger partial charge in [-0.15, -0.1) is 0 Å². The smallest absolute Gasteiger partial charge is 0.335 e. The van der Waals surface area contributed by atoms with Crippen LogP contribution in [0.25, 0.3) is 10.8 Å². The number of aliphatic hydroxyl groups excluding tert-OH is 3. The lowest BCUT2D eigenvalue weighted by molar-refractivity contribution is -0.347. The average molecular weight is 501 g/mol. The number of carboxylic acids is 1. The van der Waals surface area contributed by atoms with Gasteiger partial charge in [0.15, 0.2) is 11.4 Å². The summed E-state index contributed by atoms with van der Waals surface area (Å²) < 4.78 is 17.8. The van der Waals surface area contributed by atoms with E-state index in [1.807, 2.05) is 6.08 Å². The van der Waals surface area contributed by atoms with Crippen LogP contribution in [0.15, 0.2) is 30.5 Å². The van der Waals surface area contributed by atoms with Crippen molar-refractivity contribution in [2.45, 2.75) is 69.4 Å². The van der Waals surface area contributed by atoms with Crippen molar-refractivity contribution in [1.82, 2.24) is 0 Å². The second kappa shape index (κ2) is 8.74. The third-order valence-electron chi connectivity index (χ3n) is 7.59. The first-order chi connectivity index (χ1) is 17.1. The van der Waals surface area contributed by atoms with Crippen LogP contribution in [0.2, 0.25) is 0 Å². The van der Waals surface area contributed by atoms with Crippen molar-refractivity contribution >= 4 is 22.5 Å². The van der Waals surface area contributed by atoms with E-state index >= 15 is 0 Å². The topological polar surface area (TPSA) is 163 Å². The summed E-state index contributed by atoms with van der Waals surface area (Å²) in [6.07, 6.45) is -1.95. The van der Waals surface area contributed by atoms with Gasteiger partial charge in [0.2, 0.25) is 6.29 Å². The van der Waals surface area contributed by atoms with Crippen LogP contribution < -0.4 is 4.74 Å². The highest BCUT2D eigenvalue weighted by atomic mass is 16.7. The van der Waals surface area contributed by atoms with Crippen LogP contribution in [0.1, 0.15) is 52.5 Å². The quantitative estimate of drug-likeness (QED) is 0.393. The first kappa shape index (κ1) is 24.5. The molecule has 0 radical (unpaired) electrons. The number of fused-ring (bicyclic) bond motifs is 1. The summed E-state index contributed by atoms with van der Waals surface area (Å²) in [4.78, 5) is 24.0. The summed E-state index contributed by atoms with van der Waals surface area (Å²) in [5.74, 6) is -2.42. The predicted octanol–water partition coefficient (Wildman–Crippen LogP) is 2.02. The lowest BCUT2D eigenvalue weighted by Crippen LogP contribution is -2.74. The molecule has 5 rings (SSSR count). The number of hydrogen-bond donors (Lipinski definition) is 5. The molecule has 1 saturated heterocycles. The molecule has 1 spiro atoms. The zero-order valence-corrected chi connectivity index (χ0v) is 19.7. The van der Waals surface area contributed by atoms with Crippen molar-refractivity contribution in [3.63, 3.8) is 0 Å². The number of carbonyl (C=O) groups excluding carboxylic acids is 1. The van der Waals surface area contributed by atoms with Crippen LogP contribution in [0, 0.1) is 12.8 Å². The van der Waals surface area contributed by atoms with Gasteiger partial charge in [-0.1, -0.05) is 6.07 Å². The third kappa shape index (κ3) is 3.55. The normalized spacial score (nSPS) is 33.4. The van der Waals surface area contributed by atoms with Gasteiger partial charge in [-0.2, -0.15) is 0 Å². The summed E-state index contributed by atoms with van der Waals surface area (Å²) in [7, 11) is 0. The maximum Gasteiger partial charge on any atom is 0.335 e. The van der Waals surface area contributed by atoms with Crippen molar-refractivity contribution in [3.8, 4) is 11.5 Å². The van der Waals surface area contributed by atoms with E-state index in [0.717, 1.165) is 6.07 Å². The standard InChI is InChI=1S/C26H28O10/c1-11-8-13-9-14(24(32)33)10-17(19(13)20(29)18(11)12(2)27)35-25-21(30)22(31)26-15(4-3-7-34-26)5-6-16(28)23(26)36-25/h3,7-10,15-16,21-23,25,28-31H,4-6H2,1-2H3,(H,32,33)/t15-,16+,21-,22-,23-,25+,26+/m1/s1. The highest BCUT2D eigenvalue weighted by Gasteiger charge is 2.65. The minimum absolute atomic E-state index is 0.0486. The third-order valence-corrected chi connectivity index (χ3v) is 7.59. The van der Waals surface area contributed by atoms with Gasteiger partial charge < -0.3 is 39.7 Å². The molecule has 1 aliphatic carbocycles. The van der Waals surface area contributed by atoms with Crippen molar-refractivity contribution in [3.05, 3.63) is 47.2 Å². The fourth-order valence-corrected chi connectivity index (χ4v) is 5.96. The molecule has 10 nitrogen and oxygen atoms in total. The maximum absolute atomic E-state index is 12.2. The number of rotatable bonds is 4. The van der Waals surface area contributed by atoms with Gasteiger partial charge in [-0.25, -0.2) is 4.79 Å². The summed E-state index contributed by atoms with van der Waals surface area (Å²) in [6.45, 7) is 2.91. The second-order valence-corrected chi connectivity index (χ2v) is 9.75. The number of ketones is 1. The van der Waals surface area contributed by atoms with E-state index in [2.05, 4.69) is 0 Å². The largest absolute Gasteiger partial charge is 0.506 e. The molecule has 2 aromatic carbocycles. The fourth-order valence-electron chi connectivity index (χ4n) is 5.96. The number of aryl methyl sites for hydroxylation is 1. The van der Waals surface area contributed by atoms with Crippen LogP contribution >= 0.6 is 0 Å². The van der Waals surface area contributed by atoms with Crippen LogP contribution in [0.3, 0.4) is 0 Å². The van der Waals surface area contributed by atoms with Crippen molar-refractivity contribution in [2.75, 3.05) is 0 Å². The minimum atomic E-state index is -1.64. The van der Waals surface area contributed by atoms with E-state index in [4.69, 9.17) is 14.2 Å². The Balaban J connectivity index is 1.60. The molecular formula is C26H28O10. The minimum Gasteiger partial charge on any atom is -0.506 e. The Hall–Kier alpha value is -3.18. The Morgan fingerprint density at radius 1 is 1.14 bits per heavy atom. The molecule has 10 heteroatoms. The molecular weight excluding hydrogens is 472 g/mol. The molecule has 2 fully saturated rings. The Morgan fingerprint density at radius 3 is 2.58 bits per heavy atom. The molecule has 3 aliphatic rings. The Morgan fingerprint density at radius 2 is 1.89 bits per heavy atom. The molecule has 0 bridgehead atoms. The molecule has 2 aliphatic heterocycles. The lowest BCUT2D eigenvalue weighted by Gasteiger charge is -2.57. The van der Waals surface area contributed by atoms with Crippen molar-refractivity contribution in [1.29, 1.82) is 0 Å². The Bertz CT molecular complexity index is 1270. The number of aromatic carboxylic acids is 1. The zero-order valence-electron chi connectivity index (χ0n) is 19.7. The van der Waals surface area contributed by atoms with E-state index in [1.165, 1.54) is 19.3 Å². The number of aliphatic hydroxyl groups is 3. The molecule has 0 aromatic heterocycles. The summed E-state index contributed by atoms with van der Waals surface area (Å²) in [6, 6.07) is 4.04. The van der Waals surface area contributed by atoms with Crippen molar-refractivity contribution < 1.29 is 49.3 Å². The number of carboxylic acid groups (broad SMARTS) is 1. The second-order valence-electron chi connectivity index (χ2n) is 9.75. The summed E-state index contributed by atoms with van der Waals surface area (Å²) >= 11 is 0. The van der Waals surface area contributed by atoms with Crippen molar-refractivity contribution in [2.24, 2.45) is 5.92 Å². The van der Waals surface area contributed by atoms with Crippen LogP contribution in [-0.4, -0.2) is 73.6 Å². The van der Waals surface area contributed by atoms with Crippen LogP contribution in [-0.2, 0) is 9.47 Å². The molecule has 5 N–H and O–H groups in total. The highest BCUT2D eigenvalue weighted by molar-refractivity contribution is 6.08. The molecule has 0 unspecified atom stereocenters. The van der Waals surface area contributed by atoms with Gasteiger partial charge in [0.1, 0.15) is 29.8 Å². The SMILES string of the molecule is CC(=O)c1c(C)cc2cc(C(=O)O)cc(O[C@H]3O[C@@H]4[C@@H](O)CC[C@H]5CC=CO[C@]54[C@H](O)[C@H]3O)c2c1O. The van der Waals surface area contributed by atoms with Crippen LogP contribution in [0.5, 0.6) is 11.5 Å². The van der Waals surface area contributed by atoms with E-state index in [0.29, 0.717) is 30.2 Å². The van der Waals surface area contributed by atoms with Gasteiger partial charge in [-0.05, 0) is 62.3 Å². The molecule has 7 atom stereocenters. The number of phenolic OH excluding ortho intramolecular Hbond substituents is 1. The fraction of sp³-hybridized carbons (Fsp3) is 0.462. The summed E-state index contributed by atoms with van der Waals surface area (Å²) in [5, 5.41) is 54.0.